The third-order valence-corrected chi connectivity index (χ3v) is 4.40. The van der Waals surface area contributed by atoms with Crippen molar-refractivity contribution in [3.8, 4) is 6.07 Å². The number of nitrogens with zero attached hydrogens (tertiary/aromatic N) is 1. The van der Waals surface area contributed by atoms with E-state index in [-0.39, 0.29) is 11.9 Å². The van der Waals surface area contributed by atoms with Crippen LogP contribution in [0.25, 0.3) is 0 Å². The highest BCUT2D eigenvalue weighted by molar-refractivity contribution is 7.18. The normalized spacial score (nSPS) is 13.8. The maximum atomic E-state index is 12.1. The maximum absolute atomic E-state index is 12.1. The molecule has 0 unspecified atom stereocenters. The highest BCUT2D eigenvalue weighted by Gasteiger charge is 2.27. The summed E-state index contributed by atoms with van der Waals surface area (Å²) in [6.45, 7) is 2.94. The first kappa shape index (κ1) is 14.7. The van der Waals surface area contributed by atoms with Gasteiger partial charge in [-0.1, -0.05) is 19.8 Å². The second-order valence-corrected chi connectivity index (χ2v) is 6.06. The first-order valence-electron chi connectivity index (χ1n) is 7.04. The number of thiophene rings is 1. The SMILES string of the molecule is CCCCCNc1sc(C(=O)NC2CC2)c(N)c1C#N. The molecule has 1 aliphatic rings. The number of nitrogens with two attached hydrogens (primary N) is 1. The minimum Gasteiger partial charge on any atom is -0.396 e. The molecule has 0 saturated heterocycles. The average molecular weight is 292 g/mol. The number of amides is 1. The molecule has 0 aliphatic heterocycles. The number of unbranched alkanes of at least 4 members (excludes halogenated alkanes) is 2. The molecule has 1 aliphatic carbocycles. The van der Waals surface area contributed by atoms with Crippen LogP contribution >= 0.6 is 11.3 Å². The summed E-state index contributed by atoms with van der Waals surface area (Å²) in [4.78, 5) is 12.5. The minimum absolute atomic E-state index is 0.159. The summed E-state index contributed by atoms with van der Waals surface area (Å²) in [7, 11) is 0. The smallest absolute Gasteiger partial charge is 0.263 e. The molecule has 4 N–H and O–H groups in total. The number of carbonyl (C=O) groups is 1. The molecule has 1 fully saturated rings. The standard InChI is InChI=1S/C14H20N4OS/c1-2-3-4-7-17-14-10(8-15)11(16)12(20-14)13(19)18-9-5-6-9/h9,17H,2-7,16H2,1H3,(H,18,19). The Hall–Kier alpha value is -1.74. The molecule has 1 saturated carbocycles. The van der Waals surface area contributed by atoms with E-state index in [0.717, 1.165) is 38.6 Å². The van der Waals surface area contributed by atoms with Crippen molar-refractivity contribution in [2.45, 2.75) is 45.1 Å². The number of nitrogen functional groups attached to an aromatic ring is 1. The van der Waals surface area contributed by atoms with E-state index in [9.17, 15) is 10.1 Å². The lowest BCUT2D eigenvalue weighted by Gasteiger charge is -2.02. The van der Waals surface area contributed by atoms with Crippen LogP contribution in [-0.2, 0) is 0 Å². The summed E-state index contributed by atoms with van der Waals surface area (Å²) in [5.41, 5.74) is 6.62. The number of carbonyl (C=O) groups excluding carboxylic acids is 1. The van der Waals surface area contributed by atoms with Crippen LogP contribution in [0.1, 0.15) is 54.3 Å². The van der Waals surface area contributed by atoms with Gasteiger partial charge in [0.2, 0.25) is 0 Å². The summed E-state index contributed by atoms with van der Waals surface area (Å²) in [6, 6.07) is 2.38. The topological polar surface area (TPSA) is 90.9 Å². The highest BCUT2D eigenvalue weighted by Crippen LogP contribution is 2.35. The number of rotatable bonds is 7. The second-order valence-electron chi connectivity index (χ2n) is 5.04. The molecule has 6 heteroatoms. The fraction of sp³-hybridized carbons (Fsp3) is 0.571. The van der Waals surface area contributed by atoms with Gasteiger partial charge in [-0.2, -0.15) is 5.26 Å². The van der Waals surface area contributed by atoms with Crippen molar-refractivity contribution in [3.63, 3.8) is 0 Å². The van der Waals surface area contributed by atoms with E-state index in [1.807, 2.05) is 0 Å². The number of hydrogen-bond acceptors (Lipinski definition) is 5. The summed E-state index contributed by atoms with van der Waals surface area (Å²) in [5.74, 6) is -0.159. The second kappa shape index (κ2) is 6.62. The molecule has 20 heavy (non-hydrogen) atoms. The van der Waals surface area contributed by atoms with E-state index >= 15 is 0 Å². The zero-order valence-corrected chi connectivity index (χ0v) is 12.5. The Morgan fingerprint density at radius 2 is 2.25 bits per heavy atom. The molecule has 1 amide bonds. The number of nitrogens with one attached hydrogen (secondary N) is 2. The van der Waals surface area contributed by atoms with Crippen LogP contribution in [0.5, 0.6) is 0 Å². The van der Waals surface area contributed by atoms with Gasteiger partial charge in [-0.3, -0.25) is 4.79 Å². The van der Waals surface area contributed by atoms with E-state index in [0.29, 0.717) is 21.1 Å². The lowest BCUT2D eigenvalue weighted by atomic mass is 10.2. The number of nitriles is 1. The van der Waals surface area contributed by atoms with Crippen molar-refractivity contribution >= 4 is 27.9 Å². The van der Waals surface area contributed by atoms with E-state index in [1.165, 1.54) is 11.3 Å². The highest BCUT2D eigenvalue weighted by atomic mass is 32.1. The van der Waals surface area contributed by atoms with Gasteiger partial charge >= 0.3 is 0 Å². The van der Waals surface area contributed by atoms with Gasteiger partial charge in [0.15, 0.2) is 0 Å². The minimum atomic E-state index is -0.159. The molecule has 0 radical (unpaired) electrons. The first-order valence-corrected chi connectivity index (χ1v) is 7.86. The zero-order chi connectivity index (χ0) is 14.5. The fourth-order valence-corrected chi connectivity index (χ4v) is 2.90. The Morgan fingerprint density at radius 3 is 2.85 bits per heavy atom. The van der Waals surface area contributed by atoms with Crippen molar-refractivity contribution in [2.75, 3.05) is 17.6 Å². The van der Waals surface area contributed by atoms with E-state index < -0.39 is 0 Å². The monoisotopic (exact) mass is 292 g/mol. The summed E-state index contributed by atoms with van der Waals surface area (Å²) < 4.78 is 0. The van der Waals surface area contributed by atoms with Gasteiger partial charge in [-0.25, -0.2) is 0 Å². The fourth-order valence-electron chi connectivity index (χ4n) is 1.90. The lowest BCUT2D eigenvalue weighted by Crippen LogP contribution is -2.25. The quantitative estimate of drug-likeness (QED) is 0.674. The molecule has 0 bridgehead atoms. The average Bonchev–Trinajstić information content (AvgIpc) is 3.18. The van der Waals surface area contributed by atoms with E-state index in [1.54, 1.807) is 0 Å². The molecule has 1 heterocycles. The predicted molar refractivity (Wildman–Crippen MR) is 81.9 cm³/mol. The molecule has 2 rings (SSSR count). The summed E-state index contributed by atoms with van der Waals surface area (Å²) >= 11 is 1.28. The molecule has 1 aromatic heterocycles. The van der Waals surface area contributed by atoms with Crippen LogP contribution in [0.4, 0.5) is 10.7 Å². The molecular formula is C14H20N4OS. The molecule has 0 spiro atoms. The van der Waals surface area contributed by atoms with Gasteiger partial charge in [0.1, 0.15) is 21.5 Å². The van der Waals surface area contributed by atoms with Crippen LogP contribution < -0.4 is 16.4 Å². The van der Waals surface area contributed by atoms with Crippen molar-refractivity contribution in [2.24, 2.45) is 0 Å². The van der Waals surface area contributed by atoms with Crippen molar-refractivity contribution in [1.82, 2.24) is 5.32 Å². The predicted octanol–water partition coefficient (Wildman–Crippen LogP) is 2.70. The Labute approximate surface area is 123 Å². The van der Waals surface area contributed by atoms with Gasteiger partial charge in [0.05, 0.1) is 5.69 Å². The number of anilines is 2. The van der Waals surface area contributed by atoms with Crippen molar-refractivity contribution < 1.29 is 4.79 Å². The van der Waals surface area contributed by atoms with Crippen LogP contribution in [0.3, 0.4) is 0 Å². The van der Waals surface area contributed by atoms with Gasteiger partial charge in [-0.15, -0.1) is 11.3 Å². The zero-order valence-electron chi connectivity index (χ0n) is 11.7. The lowest BCUT2D eigenvalue weighted by molar-refractivity contribution is 0.0956. The molecular weight excluding hydrogens is 272 g/mol. The summed E-state index contributed by atoms with van der Waals surface area (Å²) in [6.07, 6.45) is 5.40. The Kier molecular flexibility index (Phi) is 4.85. The molecule has 108 valence electrons. The molecule has 5 nitrogen and oxygen atoms in total. The van der Waals surface area contributed by atoms with E-state index in [2.05, 4.69) is 23.6 Å². The van der Waals surface area contributed by atoms with Crippen LogP contribution in [0.15, 0.2) is 0 Å². The van der Waals surface area contributed by atoms with E-state index in [4.69, 9.17) is 5.73 Å². The van der Waals surface area contributed by atoms with Gasteiger partial charge in [0.25, 0.3) is 5.91 Å². The largest absolute Gasteiger partial charge is 0.396 e. The molecule has 0 aromatic carbocycles. The third kappa shape index (κ3) is 3.42. The van der Waals surface area contributed by atoms with Gasteiger partial charge < -0.3 is 16.4 Å². The van der Waals surface area contributed by atoms with Crippen LogP contribution in [0, 0.1) is 11.3 Å². The van der Waals surface area contributed by atoms with Crippen molar-refractivity contribution in [1.29, 1.82) is 5.26 Å². The third-order valence-electron chi connectivity index (χ3n) is 3.24. The first-order chi connectivity index (χ1) is 9.67. The van der Waals surface area contributed by atoms with Gasteiger partial charge in [0, 0.05) is 12.6 Å². The molecule has 1 aromatic rings. The van der Waals surface area contributed by atoms with Crippen molar-refractivity contribution in [3.05, 3.63) is 10.4 Å². The molecule has 0 atom stereocenters. The van der Waals surface area contributed by atoms with Gasteiger partial charge in [-0.05, 0) is 19.3 Å². The Morgan fingerprint density at radius 1 is 1.50 bits per heavy atom. The summed E-state index contributed by atoms with van der Waals surface area (Å²) in [5, 5.41) is 16.0. The van der Waals surface area contributed by atoms with Crippen LogP contribution in [-0.4, -0.2) is 18.5 Å². The maximum Gasteiger partial charge on any atom is 0.263 e. The Bertz CT molecular complexity index is 528. The Balaban J connectivity index is 2.07. The number of hydrogen-bond donors (Lipinski definition) is 3. The van der Waals surface area contributed by atoms with Crippen LogP contribution in [0.2, 0.25) is 0 Å².